The molecule has 9 rings (SSSR count). The van der Waals surface area contributed by atoms with Crippen LogP contribution in [0.1, 0.15) is 69.7 Å². The Kier molecular flexibility index (Phi) is 17.3. The molecular weight excluding hydrogens is 985 g/mol. The van der Waals surface area contributed by atoms with Crippen LogP contribution in [0, 0.1) is 0 Å². The standard InChI is InChI=1S/C59H68N6O10S/c1-59(2,76-7)38-62(3)56(66)17-12-18-63(19-20-72-23-24-73-22-21-69-4)43-26-39(36-74-54-32-48-46(30-52(54)70-5)57(67)64-44(34-60-48)28-41-13-8-10-15-50(41)64)25-40(27-43)37-75-55-33-49-47(31-53(55)71-6)58(68)65-45(35-61-49)29-42-14-9-11-16-51(42)65/h8-11,13-16,25-27,30-35,44-45H,12,17-24,28-29,36-38H2,1-7H3/t44-,45-/m0/s1. The Morgan fingerprint density at radius 3 is 1.70 bits per heavy atom. The quantitative estimate of drug-likeness (QED) is 0.0512. The van der Waals surface area contributed by atoms with Gasteiger partial charge in [-0.3, -0.25) is 34.2 Å². The van der Waals surface area contributed by atoms with Crippen molar-refractivity contribution in [3.8, 4) is 23.0 Å². The van der Waals surface area contributed by atoms with Gasteiger partial charge in [0.1, 0.15) is 13.2 Å². The van der Waals surface area contributed by atoms with Gasteiger partial charge >= 0.3 is 0 Å². The average molecular weight is 1050 g/mol. The van der Waals surface area contributed by atoms with E-state index in [1.54, 1.807) is 57.4 Å². The minimum Gasteiger partial charge on any atom is -0.493 e. The van der Waals surface area contributed by atoms with Crippen molar-refractivity contribution in [1.82, 2.24) is 4.90 Å². The normalized spacial score (nSPS) is 16.0. The number of methoxy groups -OCH3 is 3. The third-order valence-electron chi connectivity index (χ3n) is 14.2. The van der Waals surface area contributed by atoms with Crippen molar-refractivity contribution in [2.75, 3.05) is 102 Å². The minimum atomic E-state index is -0.207. The number of benzene rings is 5. The fourth-order valence-corrected chi connectivity index (χ4v) is 10.5. The van der Waals surface area contributed by atoms with Crippen LogP contribution in [0.15, 0.2) is 101 Å². The van der Waals surface area contributed by atoms with Crippen LogP contribution in [0.4, 0.5) is 28.4 Å². The van der Waals surface area contributed by atoms with Crippen LogP contribution in [0.2, 0.25) is 0 Å². The third kappa shape index (κ3) is 12.2. The largest absolute Gasteiger partial charge is 0.493 e. The molecule has 0 fully saturated rings. The van der Waals surface area contributed by atoms with Gasteiger partial charge < -0.3 is 43.0 Å². The van der Waals surface area contributed by atoms with Crippen molar-refractivity contribution < 1.29 is 47.5 Å². The Bertz CT molecular complexity index is 2820. The molecule has 76 heavy (non-hydrogen) atoms. The Balaban J connectivity index is 0.998. The molecule has 400 valence electrons. The molecule has 2 atom stereocenters. The summed E-state index contributed by atoms with van der Waals surface area (Å²) in [5, 5.41) is 0. The van der Waals surface area contributed by atoms with E-state index in [9.17, 15) is 14.4 Å². The average Bonchev–Trinajstić information content (AvgIpc) is 3.98. The number of carbonyl (C=O) groups is 3. The molecule has 4 heterocycles. The molecule has 0 N–H and O–H groups in total. The summed E-state index contributed by atoms with van der Waals surface area (Å²) in [5.74, 6) is 1.43. The van der Waals surface area contributed by atoms with E-state index in [-0.39, 0.29) is 47.8 Å². The Morgan fingerprint density at radius 1 is 0.671 bits per heavy atom. The molecule has 0 bridgehead atoms. The van der Waals surface area contributed by atoms with Crippen molar-refractivity contribution in [2.45, 2.75) is 69.6 Å². The van der Waals surface area contributed by atoms with Gasteiger partial charge in [0.25, 0.3) is 11.8 Å². The highest BCUT2D eigenvalue weighted by atomic mass is 32.2. The highest BCUT2D eigenvalue weighted by Gasteiger charge is 2.38. The number of thioether (sulfide) groups is 1. The molecule has 16 nitrogen and oxygen atoms in total. The number of aliphatic imine (C=N–C) groups is 2. The zero-order valence-corrected chi connectivity index (χ0v) is 45.4. The SMILES string of the molecule is COCCOCCOCCN(CCCC(=O)N(C)CC(C)(C)SC)c1cc(COc2cc3c(cc2OC)C(=O)N2c4ccccc4C[C@H]2C=N3)cc(COc2cc3c(cc2OC)C(=O)N2c4ccccc4C[C@H]2C=N3)c1. The van der Waals surface area contributed by atoms with E-state index >= 15 is 0 Å². The van der Waals surface area contributed by atoms with Crippen LogP contribution in [0.5, 0.6) is 23.0 Å². The monoisotopic (exact) mass is 1050 g/mol. The van der Waals surface area contributed by atoms with Crippen LogP contribution >= 0.6 is 11.8 Å². The summed E-state index contributed by atoms with van der Waals surface area (Å²) in [7, 11) is 6.62. The van der Waals surface area contributed by atoms with E-state index in [1.165, 1.54) is 0 Å². The van der Waals surface area contributed by atoms with E-state index in [1.807, 2.05) is 88.8 Å². The molecule has 0 aliphatic carbocycles. The maximum atomic E-state index is 14.2. The minimum absolute atomic E-state index is 0.0729. The van der Waals surface area contributed by atoms with Crippen molar-refractivity contribution >= 4 is 70.3 Å². The van der Waals surface area contributed by atoms with Gasteiger partial charge in [-0.1, -0.05) is 36.4 Å². The van der Waals surface area contributed by atoms with E-state index in [0.29, 0.717) is 124 Å². The Morgan fingerprint density at radius 2 is 1.18 bits per heavy atom. The second-order valence-electron chi connectivity index (χ2n) is 19.9. The molecule has 0 saturated heterocycles. The second kappa shape index (κ2) is 24.4. The molecule has 17 heteroatoms. The van der Waals surface area contributed by atoms with Crippen LogP contribution in [-0.4, -0.2) is 139 Å². The summed E-state index contributed by atoms with van der Waals surface area (Å²) in [6.45, 7) is 8.47. The predicted octanol–water partition coefficient (Wildman–Crippen LogP) is 9.30. The fourth-order valence-electron chi connectivity index (χ4n) is 10.1. The van der Waals surface area contributed by atoms with Gasteiger partial charge in [-0.25, -0.2) is 0 Å². The number of ether oxygens (including phenoxy) is 7. The number of nitrogens with zero attached hydrogens (tertiary/aromatic N) is 6. The first-order valence-electron chi connectivity index (χ1n) is 25.8. The summed E-state index contributed by atoms with van der Waals surface area (Å²) in [4.78, 5) is 59.2. The second-order valence-corrected chi connectivity index (χ2v) is 21.4. The summed E-state index contributed by atoms with van der Waals surface area (Å²) in [5.41, 5.74) is 8.32. The van der Waals surface area contributed by atoms with Crippen molar-refractivity contribution in [1.29, 1.82) is 0 Å². The highest BCUT2D eigenvalue weighted by molar-refractivity contribution is 7.99. The lowest BCUT2D eigenvalue weighted by molar-refractivity contribution is -0.130. The number of carbonyl (C=O) groups excluding carboxylic acids is 3. The summed E-state index contributed by atoms with van der Waals surface area (Å²) in [6, 6.07) is 28.6. The van der Waals surface area contributed by atoms with Crippen LogP contribution in [0.3, 0.4) is 0 Å². The third-order valence-corrected chi connectivity index (χ3v) is 15.4. The fraction of sp³-hybridized carbons (Fsp3) is 0.407. The molecule has 0 aromatic heterocycles. The van der Waals surface area contributed by atoms with Crippen LogP contribution in [0.25, 0.3) is 0 Å². The summed E-state index contributed by atoms with van der Waals surface area (Å²) in [6.07, 6.45) is 8.07. The van der Waals surface area contributed by atoms with E-state index < -0.39 is 0 Å². The smallest absolute Gasteiger partial charge is 0.261 e. The number of rotatable bonds is 25. The molecule has 4 aliphatic rings. The van der Waals surface area contributed by atoms with Gasteiger partial charge in [0.2, 0.25) is 5.91 Å². The lowest BCUT2D eigenvalue weighted by Crippen LogP contribution is -2.38. The number of amides is 3. The van der Waals surface area contributed by atoms with Gasteiger partial charge in [0.15, 0.2) is 23.0 Å². The maximum Gasteiger partial charge on any atom is 0.261 e. The number of hydrogen-bond acceptors (Lipinski definition) is 14. The van der Waals surface area contributed by atoms with Crippen molar-refractivity contribution in [3.05, 3.63) is 124 Å². The van der Waals surface area contributed by atoms with Crippen molar-refractivity contribution in [2.24, 2.45) is 9.98 Å². The first kappa shape index (κ1) is 53.9. The number of anilines is 3. The highest BCUT2D eigenvalue weighted by Crippen LogP contribution is 2.43. The first-order valence-corrected chi connectivity index (χ1v) is 27.0. The molecule has 5 aromatic rings. The molecule has 3 amide bonds. The van der Waals surface area contributed by atoms with Gasteiger partial charge in [0, 0.05) is 99.4 Å². The lowest BCUT2D eigenvalue weighted by atomic mass is 10.1. The van der Waals surface area contributed by atoms with E-state index in [2.05, 4.69) is 37.1 Å². The zero-order valence-electron chi connectivity index (χ0n) is 44.5. The summed E-state index contributed by atoms with van der Waals surface area (Å²) >= 11 is 1.74. The summed E-state index contributed by atoms with van der Waals surface area (Å²) < 4.78 is 41.8. The molecule has 0 radical (unpaired) electrons. The molecule has 0 spiro atoms. The lowest BCUT2D eigenvalue weighted by Gasteiger charge is -2.29. The van der Waals surface area contributed by atoms with Gasteiger partial charge in [0.05, 0.1) is 81.8 Å². The molecule has 0 unspecified atom stereocenters. The maximum absolute atomic E-state index is 14.2. The molecule has 4 aliphatic heterocycles. The Labute approximate surface area is 449 Å². The zero-order chi connectivity index (χ0) is 53.3. The first-order chi connectivity index (χ1) is 36.9. The Hall–Kier alpha value is -6.92. The molecule has 5 aromatic carbocycles. The van der Waals surface area contributed by atoms with Gasteiger partial charge in [-0.05, 0) is 91.2 Å². The number of para-hydroxylation sites is 2. The topological polar surface area (TPSA) is 154 Å². The van der Waals surface area contributed by atoms with Gasteiger partial charge in [-0.15, -0.1) is 0 Å². The number of fused-ring (bicyclic) bond motifs is 8. The van der Waals surface area contributed by atoms with E-state index in [4.69, 9.17) is 43.1 Å². The van der Waals surface area contributed by atoms with Gasteiger partial charge in [-0.2, -0.15) is 11.8 Å². The number of hydrogen-bond donors (Lipinski definition) is 0. The molecular formula is C59H68N6O10S. The van der Waals surface area contributed by atoms with Crippen LogP contribution < -0.4 is 33.6 Å². The van der Waals surface area contributed by atoms with E-state index in [0.717, 1.165) is 39.3 Å². The van der Waals surface area contributed by atoms with Crippen molar-refractivity contribution in [3.63, 3.8) is 0 Å². The predicted molar refractivity (Wildman–Crippen MR) is 299 cm³/mol. The van der Waals surface area contributed by atoms with Crippen LogP contribution in [-0.2, 0) is 45.1 Å². The molecule has 0 saturated carbocycles.